The number of hydrogen-bond donors (Lipinski definition) is 3. The van der Waals surface area contributed by atoms with Gasteiger partial charge in [0.2, 0.25) is 0 Å². The van der Waals surface area contributed by atoms with E-state index in [2.05, 4.69) is 5.32 Å². The maximum Gasteiger partial charge on any atom is 0.413 e. The van der Waals surface area contributed by atoms with Crippen molar-refractivity contribution in [3.8, 4) is 0 Å². The predicted molar refractivity (Wildman–Crippen MR) is 98.5 cm³/mol. The van der Waals surface area contributed by atoms with Crippen LogP contribution in [0.5, 0.6) is 0 Å². The van der Waals surface area contributed by atoms with Crippen LogP contribution in [0.2, 0.25) is 0 Å². The van der Waals surface area contributed by atoms with Crippen molar-refractivity contribution in [2.45, 2.75) is 76.0 Å². The van der Waals surface area contributed by atoms with Crippen molar-refractivity contribution in [2.24, 2.45) is 0 Å². The van der Waals surface area contributed by atoms with E-state index in [1.807, 2.05) is 45.9 Å². The van der Waals surface area contributed by atoms with Gasteiger partial charge in [-0.15, -0.1) is 0 Å². The minimum atomic E-state index is -1.52. The number of aliphatic hydroxyl groups is 2. The molecule has 2 saturated heterocycles. The molecule has 3 rings (SSSR count). The Morgan fingerprint density at radius 2 is 1.65 bits per heavy atom. The highest BCUT2D eigenvalue weighted by molar-refractivity contribution is 5.72. The summed E-state index contributed by atoms with van der Waals surface area (Å²) in [5.41, 5.74) is -2.46. The summed E-state index contributed by atoms with van der Waals surface area (Å²) < 4.78 is 5.81. The fourth-order valence-electron chi connectivity index (χ4n) is 4.85. The van der Waals surface area contributed by atoms with Gasteiger partial charge in [0, 0.05) is 23.9 Å². The molecule has 0 aliphatic carbocycles. The van der Waals surface area contributed by atoms with E-state index in [-0.39, 0.29) is 17.6 Å². The van der Waals surface area contributed by atoms with E-state index in [1.165, 1.54) is 4.90 Å². The summed E-state index contributed by atoms with van der Waals surface area (Å²) in [6, 6.07) is 9.13. The van der Waals surface area contributed by atoms with E-state index in [0.29, 0.717) is 18.4 Å². The highest BCUT2D eigenvalue weighted by Crippen LogP contribution is 2.50. The van der Waals surface area contributed by atoms with Gasteiger partial charge < -0.3 is 20.3 Å². The summed E-state index contributed by atoms with van der Waals surface area (Å²) in [5, 5.41) is 25.5. The Bertz CT molecular complexity index is 668. The summed E-state index contributed by atoms with van der Waals surface area (Å²) in [6.07, 6.45) is -0.508. The predicted octanol–water partition coefficient (Wildman–Crippen LogP) is 2.56. The summed E-state index contributed by atoms with van der Waals surface area (Å²) in [6.45, 7) is 9.77. The molecule has 0 saturated carbocycles. The molecule has 2 fully saturated rings. The lowest BCUT2D eigenvalue weighted by molar-refractivity contribution is -0.183. The SMILES string of the molecule is CC1(C)CC2(CC(C)(C)N1)OC(=O)N(C[C@H](O)c1ccccc1)[C@@]2(C)O. The molecule has 1 aromatic carbocycles. The van der Waals surface area contributed by atoms with E-state index in [4.69, 9.17) is 4.74 Å². The van der Waals surface area contributed by atoms with Crippen LogP contribution in [0.4, 0.5) is 4.79 Å². The smallest absolute Gasteiger partial charge is 0.413 e. The number of ether oxygens (including phenoxy) is 1. The topological polar surface area (TPSA) is 82.0 Å². The number of aliphatic hydroxyl groups excluding tert-OH is 1. The van der Waals surface area contributed by atoms with Crippen molar-refractivity contribution < 1.29 is 19.7 Å². The first-order valence-electron chi connectivity index (χ1n) is 9.13. The molecule has 26 heavy (non-hydrogen) atoms. The average Bonchev–Trinajstić information content (AvgIpc) is 2.64. The molecular weight excluding hydrogens is 332 g/mol. The Morgan fingerprint density at radius 1 is 1.12 bits per heavy atom. The molecule has 2 heterocycles. The van der Waals surface area contributed by atoms with Gasteiger partial charge >= 0.3 is 6.09 Å². The van der Waals surface area contributed by atoms with E-state index < -0.39 is 23.5 Å². The minimum absolute atomic E-state index is 0.0219. The minimum Gasteiger partial charge on any atom is -0.437 e. The van der Waals surface area contributed by atoms with Gasteiger partial charge in [-0.05, 0) is 40.2 Å². The van der Waals surface area contributed by atoms with Crippen LogP contribution in [0.25, 0.3) is 0 Å². The van der Waals surface area contributed by atoms with Crippen LogP contribution in [0.1, 0.15) is 59.1 Å². The van der Waals surface area contributed by atoms with Gasteiger partial charge in [0.25, 0.3) is 0 Å². The maximum absolute atomic E-state index is 12.7. The quantitative estimate of drug-likeness (QED) is 0.770. The number of hydrogen-bond acceptors (Lipinski definition) is 5. The van der Waals surface area contributed by atoms with Crippen molar-refractivity contribution in [3.05, 3.63) is 35.9 Å². The van der Waals surface area contributed by atoms with Gasteiger partial charge in [-0.2, -0.15) is 0 Å². The first kappa shape index (κ1) is 19.1. The third kappa shape index (κ3) is 3.21. The van der Waals surface area contributed by atoms with Crippen LogP contribution in [0.15, 0.2) is 30.3 Å². The lowest BCUT2D eigenvalue weighted by atomic mass is 9.68. The average molecular weight is 362 g/mol. The van der Waals surface area contributed by atoms with Crippen molar-refractivity contribution in [1.82, 2.24) is 10.2 Å². The van der Waals surface area contributed by atoms with Crippen LogP contribution < -0.4 is 5.32 Å². The zero-order chi connectivity index (χ0) is 19.4. The fourth-order valence-corrected chi connectivity index (χ4v) is 4.85. The molecule has 2 atom stereocenters. The van der Waals surface area contributed by atoms with Crippen molar-refractivity contribution in [3.63, 3.8) is 0 Å². The second-order valence-corrected chi connectivity index (χ2v) is 9.17. The van der Waals surface area contributed by atoms with Crippen LogP contribution in [-0.4, -0.2) is 50.2 Å². The molecule has 6 heteroatoms. The number of rotatable bonds is 3. The number of amides is 1. The number of piperidine rings is 1. The third-order valence-electron chi connectivity index (χ3n) is 5.56. The Balaban J connectivity index is 1.89. The first-order valence-corrected chi connectivity index (χ1v) is 9.13. The first-order chi connectivity index (χ1) is 11.9. The number of nitrogens with zero attached hydrogens (tertiary/aromatic N) is 1. The molecule has 0 radical (unpaired) electrons. The Labute approximate surface area is 155 Å². The molecule has 2 aliphatic rings. The monoisotopic (exact) mass is 362 g/mol. The lowest BCUT2D eigenvalue weighted by Crippen LogP contribution is -2.70. The summed E-state index contributed by atoms with van der Waals surface area (Å²) in [5.74, 6) is 0. The molecule has 0 bridgehead atoms. The molecule has 0 unspecified atom stereocenters. The molecule has 3 N–H and O–H groups in total. The standard InChI is InChI=1S/C20H30N2O4/c1-17(2)12-20(13-18(3,4)21-17)19(5,25)22(16(24)26-20)11-15(23)14-9-7-6-8-10-14/h6-10,15,21,23,25H,11-13H2,1-5H3/t15-,19-/m0/s1. The zero-order valence-corrected chi connectivity index (χ0v) is 16.2. The van der Waals surface area contributed by atoms with E-state index in [0.717, 1.165) is 0 Å². The number of benzene rings is 1. The van der Waals surface area contributed by atoms with E-state index >= 15 is 0 Å². The fraction of sp³-hybridized carbons (Fsp3) is 0.650. The summed E-state index contributed by atoms with van der Waals surface area (Å²) >= 11 is 0. The Morgan fingerprint density at radius 3 is 2.19 bits per heavy atom. The van der Waals surface area contributed by atoms with E-state index in [1.54, 1.807) is 19.1 Å². The van der Waals surface area contributed by atoms with Gasteiger partial charge in [-0.3, -0.25) is 4.90 Å². The Kier molecular flexibility index (Phi) is 4.37. The molecule has 6 nitrogen and oxygen atoms in total. The number of carbonyl (C=O) groups is 1. The largest absolute Gasteiger partial charge is 0.437 e. The third-order valence-corrected chi connectivity index (χ3v) is 5.56. The van der Waals surface area contributed by atoms with Crippen LogP contribution in [-0.2, 0) is 4.74 Å². The highest BCUT2D eigenvalue weighted by atomic mass is 16.6. The van der Waals surface area contributed by atoms with Crippen molar-refractivity contribution in [1.29, 1.82) is 0 Å². The summed E-state index contributed by atoms with van der Waals surface area (Å²) in [4.78, 5) is 13.9. The zero-order valence-electron chi connectivity index (χ0n) is 16.2. The van der Waals surface area contributed by atoms with E-state index in [9.17, 15) is 15.0 Å². The normalized spacial score (nSPS) is 30.3. The van der Waals surface area contributed by atoms with Gasteiger partial charge in [-0.25, -0.2) is 4.79 Å². The summed E-state index contributed by atoms with van der Waals surface area (Å²) in [7, 11) is 0. The van der Waals surface area contributed by atoms with Crippen LogP contribution >= 0.6 is 0 Å². The molecule has 2 aliphatic heterocycles. The molecule has 0 aromatic heterocycles. The van der Waals surface area contributed by atoms with Crippen molar-refractivity contribution in [2.75, 3.05) is 6.54 Å². The van der Waals surface area contributed by atoms with Crippen molar-refractivity contribution >= 4 is 6.09 Å². The molecular formula is C20H30N2O4. The lowest BCUT2D eigenvalue weighted by Gasteiger charge is -2.54. The number of β-amino-alcohol motifs (C(OH)–C–C–N with tert-alkyl or cyclic N) is 1. The highest BCUT2D eigenvalue weighted by Gasteiger charge is 2.66. The van der Waals surface area contributed by atoms with Gasteiger partial charge in [0.1, 0.15) is 0 Å². The molecule has 1 aromatic rings. The van der Waals surface area contributed by atoms with Crippen LogP contribution in [0, 0.1) is 0 Å². The molecule has 1 amide bonds. The van der Waals surface area contributed by atoms with Gasteiger partial charge in [-0.1, -0.05) is 30.3 Å². The Hall–Kier alpha value is -1.63. The maximum atomic E-state index is 12.7. The number of nitrogens with one attached hydrogen (secondary N) is 1. The second-order valence-electron chi connectivity index (χ2n) is 9.17. The second kappa shape index (κ2) is 5.94. The molecule has 144 valence electrons. The number of carbonyl (C=O) groups excluding carboxylic acids is 1. The molecule has 1 spiro atoms. The van der Waals surface area contributed by atoms with Gasteiger partial charge in [0.15, 0.2) is 11.3 Å². The van der Waals surface area contributed by atoms with Crippen LogP contribution in [0.3, 0.4) is 0 Å². The van der Waals surface area contributed by atoms with Gasteiger partial charge in [0.05, 0.1) is 12.6 Å².